The van der Waals surface area contributed by atoms with Crippen LogP contribution in [-0.2, 0) is 16.0 Å². The topological polar surface area (TPSA) is 67.4 Å². The summed E-state index contributed by atoms with van der Waals surface area (Å²) >= 11 is 0. The first-order chi connectivity index (χ1) is 12.1. The van der Waals surface area contributed by atoms with Crippen molar-refractivity contribution in [2.24, 2.45) is 0 Å². The van der Waals surface area contributed by atoms with E-state index in [2.05, 4.69) is 10.6 Å². The van der Waals surface area contributed by atoms with Gasteiger partial charge in [0.05, 0.1) is 18.7 Å². The van der Waals surface area contributed by atoms with Crippen molar-refractivity contribution in [1.29, 1.82) is 0 Å². The van der Waals surface area contributed by atoms with Gasteiger partial charge in [0.25, 0.3) is 0 Å². The molecule has 0 unspecified atom stereocenters. The lowest BCUT2D eigenvalue weighted by atomic mass is 10.1. The Balaban J connectivity index is 1.80. The molecule has 132 valence electrons. The summed E-state index contributed by atoms with van der Waals surface area (Å²) in [6.45, 7) is 2.52. The average Bonchev–Trinajstić information content (AvgIpc) is 2.62. The van der Waals surface area contributed by atoms with Gasteiger partial charge in [0.15, 0.2) is 0 Å². The Labute approximate surface area is 146 Å². The first kappa shape index (κ1) is 18.4. The minimum Gasteiger partial charge on any atom is -0.462 e. The molecular formula is C19H21FN2O3. The van der Waals surface area contributed by atoms with Crippen LogP contribution >= 0.6 is 0 Å². The molecule has 0 bridgehead atoms. The van der Waals surface area contributed by atoms with Crippen molar-refractivity contribution >= 4 is 17.6 Å². The number of esters is 1. The maximum Gasteiger partial charge on any atom is 0.340 e. The molecule has 2 rings (SSSR count). The van der Waals surface area contributed by atoms with E-state index < -0.39 is 5.97 Å². The fraction of sp³-hybridized carbons (Fsp3) is 0.263. The monoisotopic (exact) mass is 344 g/mol. The van der Waals surface area contributed by atoms with E-state index in [1.165, 1.54) is 12.1 Å². The van der Waals surface area contributed by atoms with Gasteiger partial charge >= 0.3 is 5.97 Å². The third-order valence-electron chi connectivity index (χ3n) is 3.51. The van der Waals surface area contributed by atoms with Gasteiger partial charge in [0.2, 0.25) is 5.91 Å². The number of benzene rings is 2. The molecule has 2 aromatic carbocycles. The van der Waals surface area contributed by atoms with E-state index in [1.54, 1.807) is 43.3 Å². The molecule has 0 saturated heterocycles. The van der Waals surface area contributed by atoms with Crippen LogP contribution in [0.1, 0.15) is 22.8 Å². The maximum absolute atomic E-state index is 12.8. The Morgan fingerprint density at radius 2 is 1.80 bits per heavy atom. The molecule has 2 aromatic rings. The summed E-state index contributed by atoms with van der Waals surface area (Å²) in [7, 11) is 0. The van der Waals surface area contributed by atoms with Crippen molar-refractivity contribution in [2.45, 2.75) is 13.3 Å². The predicted molar refractivity (Wildman–Crippen MR) is 94.0 cm³/mol. The molecule has 0 aliphatic heterocycles. The van der Waals surface area contributed by atoms with Crippen molar-refractivity contribution in [3.8, 4) is 0 Å². The molecule has 0 spiro atoms. The van der Waals surface area contributed by atoms with Crippen molar-refractivity contribution < 1.29 is 18.7 Å². The molecule has 25 heavy (non-hydrogen) atoms. The van der Waals surface area contributed by atoms with Gasteiger partial charge in [0.1, 0.15) is 5.82 Å². The second kappa shape index (κ2) is 9.42. The Kier molecular flexibility index (Phi) is 6.95. The molecule has 0 radical (unpaired) electrons. The van der Waals surface area contributed by atoms with Crippen LogP contribution in [0.2, 0.25) is 0 Å². The number of nitrogens with one attached hydrogen (secondary N) is 2. The van der Waals surface area contributed by atoms with Crippen LogP contribution in [0, 0.1) is 5.82 Å². The fourth-order valence-corrected chi connectivity index (χ4v) is 2.26. The van der Waals surface area contributed by atoms with Crippen LogP contribution in [0.5, 0.6) is 0 Å². The zero-order valence-corrected chi connectivity index (χ0v) is 14.0. The minimum absolute atomic E-state index is 0.0415. The molecule has 0 aliphatic rings. The normalized spacial score (nSPS) is 10.2. The summed E-state index contributed by atoms with van der Waals surface area (Å²) < 4.78 is 17.8. The van der Waals surface area contributed by atoms with Gasteiger partial charge in [-0.25, -0.2) is 9.18 Å². The second-order valence-electron chi connectivity index (χ2n) is 5.35. The number of anilines is 1. The summed E-state index contributed by atoms with van der Waals surface area (Å²) in [5.74, 6) is -0.902. The minimum atomic E-state index is -0.428. The number of hydrogen-bond donors (Lipinski definition) is 2. The maximum atomic E-state index is 12.8. The number of carbonyl (C=O) groups excluding carboxylic acids is 2. The van der Waals surface area contributed by atoms with E-state index in [0.29, 0.717) is 24.2 Å². The highest BCUT2D eigenvalue weighted by molar-refractivity contribution is 5.96. The van der Waals surface area contributed by atoms with Crippen LogP contribution in [-0.4, -0.2) is 31.6 Å². The summed E-state index contributed by atoms with van der Waals surface area (Å²) in [4.78, 5) is 23.8. The molecule has 0 aliphatic carbocycles. The SMILES string of the molecule is CCOC(=O)c1ccccc1NCC(=O)NCCc1ccc(F)cc1. The van der Waals surface area contributed by atoms with Gasteiger partial charge in [0, 0.05) is 12.2 Å². The number of hydrogen-bond acceptors (Lipinski definition) is 4. The van der Waals surface area contributed by atoms with Crippen LogP contribution in [0.25, 0.3) is 0 Å². The molecule has 0 aromatic heterocycles. The average molecular weight is 344 g/mol. The van der Waals surface area contributed by atoms with E-state index in [1.807, 2.05) is 0 Å². The predicted octanol–water partition coefficient (Wildman–Crippen LogP) is 2.77. The molecular weight excluding hydrogens is 323 g/mol. The molecule has 5 nitrogen and oxygen atoms in total. The third-order valence-corrected chi connectivity index (χ3v) is 3.51. The molecule has 1 amide bonds. The second-order valence-corrected chi connectivity index (χ2v) is 5.35. The molecule has 0 atom stereocenters. The lowest BCUT2D eigenvalue weighted by Crippen LogP contribution is -2.31. The number of amides is 1. The number of carbonyl (C=O) groups is 2. The van der Waals surface area contributed by atoms with Crippen LogP contribution in [0.3, 0.4) is 0 Å². The van der Waals surface area contributed by atoms with Gasteiger partial charge < -0.3 is 15.4 Å². The van der Waals surface area contributed by atoms with Crippen LogP contribution in [0.15, 0.2) is 48.5 Å². The van der Waals surface area contributed by atoms with Crippen LogP contribution < -0.4 is 10.6 Å². The number of rotatable bonds is 8. The Morgan fingerprint density at radius 1 is 1.08 bits per heavy atom. The Hall–Kier alpha value is -2.89. The zero-order valence-electron chi connectivity index (χ0n) is 14.0. The van der Waals surface area contributed by atoms with E-state index in [9.17, 15) is 14.0 Å². The van der Waals surface area contributed by atoms with Gasteiger partial charge in [-0.2, -0.15) is 0 Å². The first-order valence-corrected chi connectivity index (χ1v) is 8.11. The van der Waals surface area contributed by atoms with E-state index in [-0.39, 0.29) is 24.9 Å². The molecule has 0 fully saturated rings. The Morgan fingerprint density at radius 3 is 2.52 bits per heavy atom. The summed E-state index contributed by atoms with van der Waals surface area (Å²) in [5.41, 5.74) is 1.89. The van der Waals surface area contributed by atoms with Crippen molar-refractivity contribution in [3.05, 3.63) is 65.5 Å². The van der Waals surface area contributed by atoms with E-state index in [4.69, 9.17) is 4.74 Å². The Bertz CT molecular complexity index is 717. The fourth-order valence-electron chi connectivity index (χ4n) is 2.26. The highest BCUT2D eigenvalue weighted by Crippen LogP contribution is 2.15. The van der Waals surface area contributed by atoms with Gasteiger partial charge in [-0.05, 0) is 43.2 Å². The molecule has 2 N–H and O–H groups in total. The first-order valence-electron chi connectivity index (χ1n) is 8.11. The van der Waals surface area contributed by atoms with Gasteiger partial charge in [-0.15, -0.1) is 0 Å². The van der Waals surface area contributed by atoms with Crippen LogP contribution in [0.4, 0.5) is 10.1 Å². The highest BCUT2D eigenvalue weighted by Gasteiger charge is 2.12. The number of para-hydroxylation sites is 1. The summed E-state index contributed by atoms with van der Waals surface area (Å²) in [6, 6.07) is 13.0. The zero-order chi connectivity index (χ0) is 18.1. The smallest absolute Gasteiger partial charge is 0.340 e. The molecule has 0 heterocycles. The van der Waals surface area contributed by atoms with Crippen molar-refractivity contribution in [2.75, 3.05) is 25.0 Å². The van der Waals surface area contributed by atoms with Crippen molar-refractivity contribution in [3.63, 3.8) is 0 Å². The number of ether oxygens (including phenoxy) is 1. The largest absolute Gasteiger partial charge is 0.462 e. The van der Waals surface area contributed by atoms with E-state index >= 15 is 0 Å². The lowest BCUT2D eigenvalue weighted by molar-refractivity contribution is -0.119. The third kappa shape index (κ3) is 5.91. The molecule has 6 heteroatoms. The lowest BCUT2D eigenvalue weighted by Gasteiger charge is -2.11. The summed E-state index contributed by atoms with van der Waals surface area (Å²) in [6.07, 6.45) is 0.617. The quantitative estimate of drug-likeness (QED) is 0.723. The molecule has 0 saturated carbocycles. The van der Waals surface area contributed by atoms with Gasteiger partial charge in [-0.3, -0.25) is 4.79 Å². The standard InChI is InChI=1S/C19H21FN2O3/c1-2-25-19(24)16-5-3-4-6-17(16)22-13-18(23)21-12-11-14-7-9-15(20)10-8-14/h3-10,22H,2,11-13H2,1H3,(H,21,23). The summed E-state index contributed by atoms with van der Waals surface area (Å²) in [5, 5.41) is 5.72. The van der Waals surface area contributed by atoms with Crippen molar-refractivity contribution in [1.82, 2.24) is 5.32 Å². The number of halogens is 1. The highest BCUT2D eigenvalue weighted by atomic mass is 19.1. The van der Waals surface area contributed by atoms with E-state index in [0.717, 1.165) is 5.56 Å². The van der Waals surface area contributed by atoms with Gasteiger partial charge in [-0.1, -0.05) is 24.3 Å².